The summed E-state index contributed by atoms with van der Waals surface area (Å²) in [7, 11) is 0. The molecule has 1 aromatic rings. The molecule has 108 valence electrons. The van der Waals surface area contributed by atoms with E-state index in [0.29, 0.717) is 24.6 Å². The first-order valence-corrected chi connectivity index (χ1v) is 6.76. The molecule has 2 rings (SSSR count). The molecule has 1 N–H and O–H groups in total. The first-order chi connectivity index (χ1) is 9.52. The average molecular weight is 278 g/mol. The third kappa shape index (κ3) is 2.89. The molecule has 0 bridgehead atoms. The number of carbonyl (C=O) groups is 1. The molecule has 2 unspecified atom stereocenters. The molecule has 0 aromatic heterocycles. The second kappa shape index (κ2) is 5.90. The van der Waals surface area contributed by atoms with Crippen molar-refractivity contribution in [2.45, 2.75) is 32.2 Å². The van der Waals surface area contributed by atoms with Crippen LogP contribution in [0.15, 0.2) is 24.3 Å². The van der Waals surface area contributed by atoms with Crippen LogP contribution in [0.5, 0.6) is 0 Å². The summed E-state index contributed by atoms with van der Waals surface area (Å²) in [6.07, 6.45) is 2.48. The SMILES string of the molecule is CCC1CCN(c2cccc([N+](=O)[O-])c2)C(C(=O)O)C1. The highest BCUT2D eigenvalue weighted by Crippen LogP contribution is 2.31. The molecule has 2 atom stereocenters. The third-order valence-electron chi connectivity index (χ3n) is 3.95. The number of non-ortho nitro benzene ring substituents is 1. The first kappa shape index (κ1) is 14.3. The van der Waals surface area contributed by atoms with Crippen LogP contribution in [-0.4, -0.2) is 28.6 Å². The van der Waals surface area contributed by atoms with Crippen molar-refractivity contribution in [2.75, 3.05) is 11.4 Å². The number of carboxylic acids is 1. The number of aliphatic carboxylic acids is 1. The minimum absolute atomic E-state index is 0.00995. The Hall–Kier alpha value is -2.11. The van der Waals surface area contributed by atoms with E-state index < -0.39 is 16.9 Å². The van der Waals surface area contributed by atoms with Crippen LogP contribution in [0, 0.1) is 16.0 Å². The van der Waals surface area contributed by atoms with E-state index in [9.17, 15) is 20.0 Å². The smallest absolute Gasteiger partial charge is 0.326 e. The molecule has 0 spiro atoms. The van der Waals surface area contributed by atoms with Gasteiger partial charge in [-0.25, -0.2) is 4.79 Å². The summed E-state index contributed by atoms with van der Waals surface area (Å²) < 4.78 is 0. The topological polar surface area (TPSA) is 83.7 Å². The lowest BCUT2D eigenvalue weighted by Gasteiger charge is -2.38. The van der Waals surface area contributed by atoms with E-state index in [4.69, 9.17) is 0 Å². The molecule has 1 aliphatic heterocycles. The molecule has 20 heavy (non-hydrogen) atoms. The Kier molecular flexibility index (Phi) is 4.22. The molecule has 6 nitrogen and oxygen atoms in total. The molecular weight excluding hydrogens is 260 g/mol. The number of hydrogen-bond donors (Lipinski definition) is 1. The average Bonchev–Trinajstić information content (AvgIpc) is 2.46. The number of rotatable bonds is 4. The molecule has 0 saturated carbocycles. The standard InChI is InChI=1S/C14H18N2O4/c1-2-10-6-7-15(13(8-10)14(17)18)11-4-3-5-12(9-11)16(19)20/h3-5,9-10,13H,2,6-8H2,1H3,(H,17,18). The van der Waals surface area contributed by atoms with Crippen LogP contribution in [0.2, 0.25) is 0 Å². The van der Waals surface area contributed by atoms with Crippen molar-refractivity contribution >= 4 is 17.3 Å². The molecule has 0 aliphatic carbocycles. The van der Waals surface area contributed by atoms with Crippen molar-refractivity contribution in [3.8, 4) is 0 Å². The number of piperidine rings is 1. The van der Waals surface area contributed by atoms with Gasteiger partial charge in [0.15, 0.2) is 0 Å². The third-order valence-corrected chi connectivity index (χ3v) is 3.95. The lowest BCUT2D eigenvalue weighted by molar-refractivity contribution is -0.384. The van der Waals surface area contributed by atoms with Crippen molar-refractivity contribution in [3.05, 3.63) is 34.4 Å². The van der Waals surface area contributed by atoms with Crippen LogP contribution in [0.4, 0.5) is 11.4 Å². The summed E-state index contributed by atoms with van der Waals surface area (Å²) >= 11 is 0. The Morgan fingerprint density at radius 2 is 2.30 bits per heavy atom. The highest BCUT2D eigenvalue weighted by Gasteiger charge is 2.33. The largest absolute Gasteiger partial charge is 0.480 e. The summed E-state index contributed by atoms with van der Waals surface area (Å²) in [4.78, 5) is 23.6. The normalized spacial score (nSPS) is 22.6. The fourth-order valence-corrected chi connectivity index (χ4v) is 2.74. The number of benzene rings is 1. The second-order valence-corrected chi connectivity index (χ2v) is 5.12. The van der Waals surface area contributed by atoms with Crippen molar-refractivity contribution < 1.29 is 14.8 Å². The minimum Gasteiger partial charge on any atom is -0.480 e. The monoisotopic (exact) mass is 278 g/mol. The minimum atomic E-state index is -0.866. The summed E-state index contributed by atoms with van der Waals surface area (Å²) in [6, 6.07) is 5.59. The number of nitrogens with zero attached hydrogens (tertiary/aromatic N) is 2. The van der Waals surface area contributed by atoms with Crippen LogP contribution in [0.1, 0.15) is 26.2 Å². The predicted octanol–water partition coefficient (Wildman–Crippen LogP) is 2.67. The van der Waals surface area contributed by atoms with E-state index in [1.165, 1.54) is 12.1 Å². The van der Waals surface area contributed by atoms with Crippen LogP contribution in [0.25, 0.3) is 0 Å². The van der Waals surface area contributed by atoms with Gasteiger partial charge in [-0.05, 0) is 24.8 Å². The molecule has 0 amide bonds. The van der Waals surface area contributed by atoms with Crippen molar-refractivity contribution in [3.63, 3.8) is 0 Å². The van der Waals surface area contributed by atoms with E-state index in [0.717, 1.165) is 12.8 Å². The van der Waals surface area contributed by atoms with Gasteiger partial charge in [0, 0.05) is 24.4 Å². The summed E-state index contributed by atoms with van der Waals surface area (Å²) in [5.41, 5.74) is 0.602. The Labute approximate surface area is 117 Å². The molecule has 0 radical (unpaired) electrons. The lowest BCUT2D eigenvalue weighted by Crippen LogP contribution is -2.47. The van der Waals surface area contributed by atoms with Gasteiger partial charge in [-0.1, -0.05) is 19.4 Å². The second-order valence-electron chi connectivity index (χ2n) is 5.12. The fourth-order valence-electron chi connectivity index (χ4n) is 2.74. The highest BCUT2D eigenvalue weighted by atomic mass is 16.6. The zero-order chi connectivity index (χ0) is 14.7. The van der Waals surface area contributed by atoms with Crippen molar-refractivity contribution in [1.82, 2.24) is 0 Å². The van der Waals surface area contributed by atoms with E-state index >= 15 is 0 Å². The number of nitro benzene ring substituents is 1. The Morgan fingerprint density at radius 3 is 2.90 bits per heavy atom. The molecule has 1 heterocycles. The van der Waals surface area contributed by atoms with Gasteiger partial charge in [0.25, 0.3) is 5.69 Å². The number of anilines is 1. The predicted molar refractivity (Wildman–Crippen MR) is 74.9 cm³/mol. The van der Waals surface area contributed by atoms with E-state index in [-0.39, 0.29) is 5.69 Å². The lowest BCUT2D eigenvalue weighted by atomic mass is 9.88. The van der Waals surface area contributed by atoms with Gasteiger partial charge < -0.3 is 10.0 Å². The Balaban J connectivity index is 2.28. The molecule has 1 aromatic carbocycles. The van der Waals surface area contributed by atoms with Gasteiger partial charge in [-0.3, -0.25) is 10.1 Å². The van der Waals surface area contributed by atoms with Gasteiger partial charge in [-0.15, -0.1) is 0 Å². The van der Waals surface area contributed by atoms with Gasteiger partial charge in [0.05, 0.1) is 4.92 Å². The first-order valence-electron chi connectivity index (χ1n) is 6.76. The number of carboxylic acid groups (broad SMARTS) is 1. The Morgan fingerprint density at radius 1 is 1.55 bits per heavy atom. The van der Waals surface area contributed by atoms with Crippen LogP contribution < -0.4 is 4.90 Å². The van der Waals surface area contributed by atoms with Gasteiger partial charge in [-0.2, -0.15) is 0 Å². The van der Waals surface area contributed by atoms with Crippen molar-refractivity contribution in [2.24, 2.45) is 5.92 Å². The molecule has 1 fully saturated rings. The number of nitro groups is 1. The van der Waals surface area contributed by atoms with Crippen LogP contribution in [0.3, 0.4) is 0 Å². The molecule has 6 heteroatoms. The zero-order valence-electron chi connectivity index (χ0n) is 11.4. The summed E-state index contributed by atoms with van der Waals surface area (Å²) in [5, 5.41) is 20.2. The van der Waals surface area contributed by atoms with Gasteiger partial charge >= 0.3 is 5.97 Å². The zero-order valence-corrected chi connectivity index (χ0v) is 11.4. The summed E-state index contributed by atoms with van der Waals surface area (Å²) in [6.45, 7) is 2.68. The van der Waals surface area contributed by atoms with Crippen LogP contribution >= 0.6 is 0 Å². The molecule has 1 aliphatic rings. The van der Waals surface area contributed by atoms with Crippen LogP contribution in [-0.2, 0) is 4.79 Å². The molecular formula is C14H18N2O4. The van der Waals surface area contributed by atoms with Gasteiger partial charge in [0.1, 0.15) is 6.04 Å². The highest BCUT2D eigenvalue weighted by molar-refractivity contribution is 5.78. The number of hydrogen-bond acceptors (Lipinski definition) is 4. The van der Waals surface area contributed by atoms with E-state index in [1.807, 2.05) is 0 Å². The fraction of sp³-hybridized carbons (Fsp3) is 0.500. The maximum absolute atomic E-state index is 11.4. The Bertz CT molecular complexity index is 518. The molecule has 1 saturated heterocycles. The van der Waals surface area contributed by atoms with E-state index in [1.54, 1.807) is 17.0 Å². The maximum atomic E-state index is 11.4. The quantitative estimate of drug-likeness (QED) is 0.676. The van der Waals surface area contributed by atoms with Crippen molar-refractivity contribution in [1.29, 1.82) is 0 Å². The van der Waals surface area contributed by atoms with Gasteiger partial charge in [0.2, 0.25) is 0 Å². The maximum Gasteiger partial charge on any atom is 0.326 e. The van der Waals surface area contributed by atoms with E-state index in [2.05, 4.69) is 6.92 Å². The summed E-state index contributed by atoms with van der Waals surface area (Å²) in [5.74, 6) is -0.458.